The van der Waals surface area contributed by atoms with Crippen molar-refractivity contribution in [3.05, 3.63) is 0 Å². The summed E-state index contributed by atoms with van der Waals surface area (Å²) in [6.07, 6.45) is 2.29. The fourth-order valence-electron chi connectivity index (χ4n) is 3.11. The quantitative estimate of drug-likeness (QED) is 0.376. The number of halogens is 1. The summed E-state index contributed by atoms with van der Waals surface area (Å²) in [5.41, 5.74) is -0.444. The molecule has 0 aromatic carbocycles. The first kappa shape index (κ1) is 22.3. The molecule has 0 saturated carbocycles. The molecule has 7 nitrogen and oxygen atoms in total. The highest BCUT2D eigenvalue weighted by atomic mass is 127. The molecular formula is C17H34IN5O2. The van der Waals surface area contributed by atoms with Gasteiger partial charge in [0.1, 0.15) is 5.60 Å². The van der Waals surface area contributed by atoms with Gasteiger partial charge in [0.25, 0.3) is 0 Å². The van der Waals surface area contributed by atoms with Gasteiger partial charge in [-0.05, 0) is 53.1 Å². The van der Waals surface area contributed by atoms with E-state index >= 15 is 0 Å². The van der Waals surface area contributed by atoms with Gasteiger partial charge in [0.15, 0.2) is 5.96 Å². The molecule has 0 aromatic rings. The van der Waals surface area contributed by atoms with E-state index in [1.54, 1.807) is 11.9 Å². The zero-order valence-corrected chi connectivity index (χ0v) is 18.5. The highest BCUT2D eigenvalue weighted by Gasteiger charge is 2.34. The van der Waals surface area contributed by atoms with Crippen LogP contribution >= 0.6 is 24.0 Å². The van der Waals surface area contributed by atoms with Crippen LogP contribution in [0.15, 0.2) is 4.99 Å². The van der Waals surface area contributed by atoms with Gasteiger partial charge < -0.3 is 25.2 Å². The van der Waals surface area contributed by atoms with Crippen molar-refractivity contribution in [3.8, 4) is 0 Å². The minimum Gasteiger partial charge on any atom is -0.444 e. The van der Waals surface area contributed by atoms with Crippen LogP contribution in [-0.4, -0.2) is 80.3 Å². The maximum atomic E-state index is 11.9. The number of carbonyl (C=O) groups excluding carboxylic acids is 1. The van der Waals surface area contributed by atoms with Crippen molar-refractivity contribution in [1.82, 2.24) is 20.4 Å². The lowest BCUT2D eigenvalue weighted by atomic mass is 9.98. The van der Waals surface area contributed by atoms with Crippen molar-refractivity contribution in [2.75, 3.05) is 46.8 Å². The number of rotatable bonds is 3. The summed E-state index contributed by atoms with van der Waals surface area (Å²) in [6, 6.07) is 0.234. The average Bonchev–Trinajstić information content (AvgIpc) is 2.43. The third kappa shape index (κ3) is 7.55. The fourth-order valence-corrected chi connectivity index (χ4v) is 3.11. The second kappa shape index (κ2) is 9.80. The molecule has 2 heterocycles. The van der Waals surface area contributed by atoms with Crippen molar-refractivity contribution in [2.24, 2.45) is 10.9 Å². The largest absolute Gasteiger partial charge is 0.444 e. The molecule has 1 amide bonds. The topological polar surface area (TPSA) is 69.2 Å². The number of likely N-dealkylation sites (tertiary alicyclic amines) is 2. The summed E-state index contributed by atoms with van der Waals surface area (Å²) in [6.45, 7) is 10.2. The molecule has 2 aliphatic rings. The Hall–Kier alpha value is -0.770. The van der Waals surface area contributed by atoms with E-state index in [9.17, 15) is 4.79 Å². The predicted octanol–water partition coefficient (Wildman–Crippen LogP) is 1.73. The Bertz CT molecular complexity index is 460. The summed E-state index contributed by atoms with van der Waals surface area (Å²) in [4.78, 5) is 20.3. The molecule has 2 saturated heterocycles. The van der Waals surface area contributed by atoms with Crippen LogP contribution in [0.5, 0.6) is 0 Å². The molecule has 0 aromatic heterocycles. The highest BCUT2D eigenvalue weighted by Crippen LogP contribution is 2.16. The predicted molar refractivity (Wildman–Crippen MR) is 112 cm³/mol. The molecule has 2 fully saturated rings. The second-order valence-electron chi connectivity index (χ2n) is 7.95. The van der Waals surface area contributed by atoms with Gasteiger partial charge in [0.2, 0.25) is 0 Å². The number of nitrogens with zero attached hydrogens (tertiary/aromatic N) is 3. The number of ether oxygens (including phenoxy) is 1. The summed E-state index contributed by atoms with van der Waals surface area (Å²) in [7, 11) is 3.96. The van der Waals surface area contributed by atoms with E-state index < -0.39 is 5.60 Å². The van der Waals surface area contributed by atoms with Crippen LogP contribution in [-0.2, 0) is 4.74 Å². The lowest BCUT2D eigenvalue weighted by Gasteiger charge is -2.40. The number of guanidine groups is 1. The number of aliphatic imine (C=N–C) groups is 1. The Morgan fingerprint density at radius 2 is 1.96 bits per heavy atom. The van der Waals surface area contributed by atoms with Gasteiger partial charge in [-0.3, -0.25) is 4.99 Å². The highest BCUT2D eigenvalue weighted by molar-refractivity contribution is 14.0. The molecule has 0 spiro atoms. The minimum atomic E-state index is -0.444. The number of piperidine rings is 1. The lowest BCUT2D eigenvalue weighted by molar-refractivity contribution is 0.00700. The Labute approximate surface area is 169 Å². The van der Waals surface area contributed by atoms with E-state index in [2.05, 4.69) is 27.6 Å². The molecule has 0 aliphatic carbocycles. The van der Waals surface area contributed by atoms with Crippen molar-refractivity contribution >= 4 is 36.0 Å². The number of hydrogen-bond acceptors (Lipinski definition) is 4. The minimum absolute atomic E-state index is 0. The molecule has 2 rings (SSSR count). The number of nitrogens with one attached hydrogen (secondary N) is 2. The standard InChI is InChI=1S/C17H33N5O2.HI/c1-17(2,3)24-16(23)22-11-14(12-22)20-15(18-4)19-9-13-7-6-8-21(5)10-13;/h13-14H,6-12H2,1-5H3,(H2,18,19,20);1H. The van der Waals surface area contributed by atoms with Crippen molar-refractivity contribution in [2.45, 2.75) is 45.3 Å². The normalized spacial score (nSPS) is 22.7. The summed E-state index contributed by atoms with van der Waals surface area (Å²) >= 11 is 0. The van der Waals surface area contributed by atoms with Gasteiger partial charge in [0.05, 0.1) is 6.04 Å². The van der Waals surface area contributed by atoms with Gasteiger partial charge in [-0.25, -0.2) is 4.79 Å². The zero-order valence-electron chi connectivity index (χ0n) is 16.2. The average molecular weight is 467 g/mol. The van der Waals surface area contributed by atoms with E-state index in [1.165, 1.54) is 19.4 Å². The van der Waals surface area contributed by atoms with Crippen molar-refractivity contribution in [1.29, 1.82) is 0 Å². The van der Waals surface area contributed by atoms with Crippen LogP contribution in [0.4, 0.5) is 4.79 Å². The SMILES string of the molecule is CN=C(NCC1CCCN(C)C1)NC1CN(C(=O)OC(C)(C)C)C1.I. The second-order valence-corrected chi connectivity index (χ2v) is 7.95. The van der Waals surface area contributed by atoms with Crippen LogP contribution < -0.4 is 10.6 Å². The van der Waals surface area contributed by atoms with Crippen LogP contribution in [0.3, 0.4) is 0 Å². The van der Waals surface area contributed by atoms with E-state index in [4.69, 9.17) is 4.74 Å². The number of amides is 1. The molecule has 2 aliphatic heterocycles. The molecule has 0 bridgehead atoms. The summed E-state index contributed by atoms with van der Waals surface area (Å²) in [5.74, 6) is 1.49. The Morgan fingerprint density at radius 3 is 2.52 bits per heavy atom. The van der Waals surface area contributed by atoms with Gasteiger partial charge in [-0.1, -0.05) is 0 Å². The van der Waals surface area contributed by atoms with Gasteiger partial charge in [-0.15, -0.1) is 24.0 Å². The van der Waals surface area contributed by atoms with Crippen LogP contribution in [0.1, 0.15) is 33.6 Å². The first-order valence-electron chi connectivity index (χ1n) is 8.90. The van der Waals surface area contributed by atoms with Crippen LogP contribution in [0.25, 0.3) is 0 Å². The van der Waals surface area contributed by atoms with Crippen molar-refractivity contribution < 1.29 is 9.53 Å². The van der Waals surface area contributed by atoms with Gasteiger partial charge >= 0.3 is 6.09 Å². The first-order valence-corrected chi connectivity index (χ1v) is 8.90. The van der Waals surface area contributed by atoms with Crippen LogP contribution in [0, 0.1) is 5.92 Å². The fraction of sp³-hybridized carbons (Fsp3) is 0.882. The summed E-state index contributed by atoms with van der Waals surface area (Å²) < 4.78 is 5.37. The molecule has 1 unspecified atom stereocenters. The van der Waals surface area contributed by atoms with Crippen molar-refractivity contribution in [3.63, 3.8) is 0 Å². The maximum Gasteiger partial charge on any atom is 0.410 e. The molecule has 1 atom stereocenters. The smallest absolute Gasteiger partial charge is 0.410 e. The first-order chi connectivity index (χ1) is 11.3. The maximum absolute atomic E-state index is 11.9. The van der Waals surface area contributed by atoms with Gasteiger partial charge in [-0.2, -0.15) is 0 Å². The lowest BCUT2D eigenvalue weighted by Crippen LogP contribution is -2.63. The molecule has 146 valence electrons. The van der Waals surface area contributed by atoms with Crippen LogP contribution in [0.2, 0.25) is 0 Å². The Balaban J connectivity index is 0.00000312. The Morgan fingerprint density at radius 1 is 1.28 bits per heavy atom. The monoisotopic (exact) mass is 467 g/mol. The van der Waals surface area contributed by atoms with E-state index in [-0.39, 0.29) is 36.1 Å². The molecule has 25 heavy (non-hydrogen) atoms. The number of carbonyl (C=O) groups is 1. The summed E-state index contributed by atoms with van der Waals surface area (Å²) in [5, 5.41) is 6.80. The third-order valence-corrected chi connectivity index (χ3v) is 4.38. The van der Waals surface area contributed by atoms with E-state index in [0.29, 0.717) is 19.0 Å². The molecule has 0 radical (unpaired) electrons. The third-order valence-electron chi connectivity index (χ3n) is 4.38. The molecule has 2 N–H and O–H groups in total. The molecule has 8 heteroatoms. The van der Waals surface area contributed by atoms with Gasteiger partial charge in [0, 0.05) is 33.2 Å². The van der Waals surface area contributed by atoms with E-state index in [0.717, 1.165) is 19.0 Å². The Kier molecular flexibility index (Phi) is 8.73. The number of hydrogen-bond donors (Lipinski definition) is 2. The molecular weight excluding hydrogens is 433 g/mol. The zero-order chi connectivity index (χ0) is 17.7. The van der Waals surface area contributed by atoms with E-state index in [1.807, 2.05) is 20.8 Å².